The van der Waals surface area contributed by atoms with Gasteiger partial charge in [-0.25, -0.2) is 0 Å². The van der Waals surface area contributed by atoms with E-state index in [0.717, 1.165) is 22.6 Å². The van der Waals surface area contributed by atoms with Gasteiger partial charge in [0, 0.05) is 37.3 Å². The van der Waals surface area contributed by atoms with Crippen LogP contribution in [0.3, 0.4) is 0 Å². The third-order valence-corrected chi connectivity index (χ3v) is 3.84. The number of aliphatic imine (C=N–C) groups is 1. The fourth-order valence-electron chi connectivity index (χ4n) is 2.16. The summed E-state index contributed by atoms with van der Waals surface area (Å²) in [4.78, 5) is 14.4. The second-order valence-electron chi connectivity index (χ2n) is 5.12. The molecular formula is C17H19ClN4O2. The molecule has 24 heavy (non-hydrogen) atoms. The summed E-state index contributed by atoms with van der Waals surface area (Å²) in [6, 6.07) is 14.2. The minimum atomic E-state index is -0.410. The number of non-ortho nitro benzene ring substituents is 1. The van der Waals surface area contributed by atoms with Crippen LogP contribution in [0.15, 0.2) is 53.5 Å². The molecule has 0 radical (unpaired) electrons. The predicted octanol–water partition coefficient (Wildman–Crippen LogP) is 3.16. The van der Waals surface area contributed by atoms with E-state index in [9.17, 15) is 10.1 Å². The maximum Gasteiger partial charge on any atom is 0.269 e. The van der Waals surface area contributed by atoms with E-state index in [0.29, 0.717) is 19.0 Å². The number of nitro benzene ring substituents is 1. The van der Waals surface area contributed by atoms with Gasteiger partial charge < -0.3 is 10.6 Å². The Bertz CT molecular complexity index is 717. The molecular weight excluding hydrogens is 328 g/mol. The minimum absolute atomic E-state index is 0.0843. The molecule has 2 aromatic rings. The average Bonchev–Trinajstić information content (AvgIpc) is 2.59. The zero-order valence-electron chi connectivity index (χ0n) is 13.3. The summed E-state index contributed by atoms with van der Waals surface area (Å²) >= 11 is 6.13. The third-order valence-electron chi connectivity index (χ3n) is 3.48. The van der Waals surface area contributed by atoms with E-state index in [4.69, 9.17) is 11.6 Å². The molecule has 2 aromatic carbocycles. The standard InChI is InChI=1S/C17H19ClN4O2/c1-19-17(20-11-10-14-4-2-3-5-16(14)18)21-12-13-6-8-15(9-7-13)22(23)24/h2-9H,10-12H2,1H3,(H2,19,20,21). The predicted molar refractivity (Wildman–Crippen MR) is 96.5 cm³/mol. The Morgan fingerprint density at radius 1 is 1.17 bits per heavy atom. The quantitative estimate of drug-likeness (QED) is 0.364. The van der Waals surface area contributed by atoms with Gasteiger partial charge in [0.1, 0.15) is 0 Å². The minimum Gasteiger partial charge on any atom is -0.356 e. The van der Waals surface area contributed by atoms with Crippen molar-refractivity contribution in [1.82, 2.24) is 10.6 Å². The van der Waals surface area contributed by atoms with E-state index < -0.39 is 4.92 Å². The van der Waals surface area contributed by atoms with Crippen LogP contribution in [0.4, 0.5) is 5.69 Å². The first-order valence-electron chi connectivity index (χ1n) is 7.51. The Balaban J connectivity index is 1.80. The van der Waals surface area contributed by atoms with Crippen molar-refractivity contribution >= 4 is 23.2 Å². The summed E-state index contributed by atoms with van der Waals surface area (Å²) in [5, 5.41) is 17.8. The summed E-state index contributed by atoms with van der Waals surface area (Å²) in [6.45, 7) is 1.23. The number of guanidine groups is 1. The number of nitro groups is 1. The molecule has 0 amide bonds. The van der Waals surface area contributed by atoms with E-state index in [1.165, 1.54) is 12.1 Å². The molecule has 0 saturated heterocycles. The topological polar surface area (TPSA) is 79.6 Å². The summed E-state index contributed by atoms with van der Waals surface area (Å²) in [5.41, 5.74) is 2.10. The molecule has 6 nitrogen and oxygen atoms in total. The largest absolute Gasteiger partial charge is 0.356 e. The highest BCUT2D eigenvalue weighted by Crippen LogP contribution is 2.14. The Kier molecular flexibility index (Phi) is 6.57. The van der Waals surface area contributed by atoms with Crippen LogP contribution in [0.25, 0.3) is 0 Å². The Hall–Kier alpha value is -2.60. The van der Waals surface area contributed by atoms with Crippen LogP contribution in [0, 0.1) is 10.1 Å². The lowest BCUT2D eigenvalue weighted by atomic mass is 10.1. The van der Waals surface area contributed by atoms with Crippen molar-refractivity contribution in [3.63, 3.8) is 0 Å². The monoisotopic (exact) mass is 346 g/mol. The average molecular weight is 347 g/mol. The zero-order valence-corrected chi connectivity index (χ0v) is 14.1. The second-order valence-corrected chi connectivity index (χ2v) is 5.52. The maximum absolute atomic E-state index is 10.6. The van der Waals surface area contributed by atoms with E-state index in [1.54, 1.807) is 19.2 Å². The molecule has 2 N–H and O–H groups in total. The van der Waals surface area contributed by atoms with Crippen molar-refractivity contribution in [1.29, 1.82) is 0 Å². The summed E-state index contributed by atoms with van der Waals surface area (Å²) in [5.74, 6) is 0.667. The lowest BCUT2D eigenvalue weighted by Gasteiger charge is -2.12. The number of hydrogen-bond acceptors (Lipinski definition) is 3. The van der Waals surface area contributed by atoms with Crippen LogP contribution in [-0.2, 0) is 13.0 Å². The normalized spacial score (nSPS) is 11.2. The van der Waals surface area contributed by atoms with E-state index in [1.807, 2.05) is 24.3 Å². The molecule has 7 heteroatoms. The van der Waals surface area contributed by atoms with Gasteiger partial charge in [-0.15, -0.1) is 0 Å². The number of benzene rings is 2. The molecule has 0 fully saturated rings. The molecule has 0 aliphatic heterocycles. The van der Waals surface area contributed by atoms with Crippen LogP contribution in [-0.4, -0.2) is 24.5 Å². The lowest BCUT2D eigenvalue weighted by Crippen LogP contribution is -2.37. The first kappa shape index (κ1) is 17.7. The van der Waals surface area contributed by atoms with Gasteiger partial charge in [0.2, 0.25) is 0 Å². The molecule has 0 spiro atoms. The Morgan fingerprint density at radius 3 is 2.50 bits per heavy atom. The van der Waals surface area contributed by atoms with Crippen molar-refractivity contribution in [2.75, 3.05) is 13.6 Å². The summed E-state index contributed by atoms with van der Waals surface area (Å²) in [7, 11) is 1.70. The molecule has 0 saturated carbocycles. The Morgan fingerprint density at radius 2 is 1.88 bits per heavy atom. The Labute approximate surface area is 145 Å². The van der Waals surface area contributed by atoms with Gasteiger partial charge >= 0.3 is 0 Å². The number of rotatable bonds is 6. The fourth-order valence-corrected chi connectivity index (χ4v) is 2.39. The van der Waals surface area contributed by atoms with E-state index >= 15 is 0 Å². The van der Waals surface area contributed by atoms with Crippen LogP contribution < -0.4 is 10.6 Å². The molecule has 0 aliphatic carbocycles. The lowest BCUT2D eigenvalue weighted by molar-refractivity contribution is -0.384. The fraction of sp³-hybridized carbons (Fsp3) is 0.235. The highest BCUT2D eigenvalue weighted by molar-refractivity contribution is 6.31. The van der Waals surface area contributed by atoms with Crippen LogP contribution >= 0.6 is 11.6 Å². The first-order chi connectivity index (χ1) is 11.6. The first-order valence-corrected chi connectivity index (χ1v) is 7.89. The van der Waals surface area contributed by atoms with Crippen molar-refractivity contribution < 1.29 is 4.92 Å². The van der Waals surface area contributed by atoms with Crippen molar-refractivity contribution in [2.24, 2.45) is 4.99 Å². The summed E-state index contributed by atoms with van der Waals surface area (Å²) in [6.07, 6.45) is 0.790. The number of halogens is 1. The molecule has 0 heterocycles. The second kappa shape index (κ2) is 8.88. The van der Waals surface area contributed by atoms with Crippen LogP contribution in [0.5, 0.6) is 0 Å². The molecule has 0 aliphatic rings. The van der Waals surface area contributed by atoms with Crippen molar-refractivity contribution in [2.45, 2.75) is 13.0 Å². The third kappa shape index (κ3) is 5.24. The van der Waals surface area contributed by atoms with Crippen LogP contribution in [0.1, 0.15) is 11.1 Å². The van der Waals surface area contributed by atoms with E-state index in [2.05, 4.69) is 15.6 Å². The van der Waals surface area contributed by atoms with Crippen molar-refractivity contribution in [3.05, 3.63) is 74.8 Å². The van der Waals surface area contributed by atoms with Gasteiger partial charge in [-0.1, -0.05) is 41.9 Å². The van der Waals surface area contributed by atoms with E-state index in [-0.39, 0.29) is 5.69 Å². The molecule has 0 bridgehead atoms. The molecule has 0 atom stereocenters. The summed E-state index contributed by atoms with van der Waals surface area (Å²) < 4.78 is 0. The van der Waals surface area contributed by atoms with Gasteiger partial charge in [-0.05, 0) is 23.6 Å². The van der Waals surface area contributed by atoms with Gasteiger partial charge in [0.15, 0.2) is 5.96 Å². The van der Waals surface area contributed by atoms with Crippen LogP contribution in [0.2, 0.25) is 5.02 Å². The number of nitrogens with zero attached hydrogens (tertiary/aromatic N) is 2. The van der Waals surface area contributed by atoms with Crippen molar-refractivity contribution in [3.8, 4) is 0 Å². The smallest absolute Gasteiger partial charge is 0.269 e. The molecule has 126 valence electrons. The molecule has 0 aromatic heterocycles. The van der Waals surface area contributed by atoms with Gasteiger partial charge in [-0.3, -0.25) is 15.1 Å². The SMILES string of the molecule is CN=C(NCCc1ccccc1Cl)NCc1ccc([N+](=O)[O-])cc1. The highest BCUT2D eigenvalue weighted by Gasteiger charge is 2.05. The molecule has 2 rings (SSSR count). The number of hydrogen-bond donors (Lipinski definition) is 2. The molecule has 0 unspecified atom stereocenters. The van der Waals surface area contributed by atoms with Gasteiger partial charge in [0.05, 0.1) is 4.92 Å². The zero-order chi connectivity index (χ0) is 17.4. The number of nitrogens with one attached hydrogen (secondary N) is 2. The highest BCUT2D eigenvalue weighted by atomic mass is 35.5. The maximum atomic E-state index is 10.6. The van der Waals surface area contributed by atoms with Gasteiger partial charge in [-0.2, -0.15) is 0 Å². The van der Waals surface area contributed by atoms with Gasteiger partial charge in [0.25, 0.3) is 5.69 Å².